The second-order valence-corrected chi connectivity index (χ2v) is 3.42. The number of allylic oxidation sites excluding steroid dienone is 1. The number of aromatic hydroxyl groups is 1. The van der Waals surface area contributed by atoms with Crippen LogP contribution in [0.4, 0.5) is 0 Å². The third-order valence-corrected chi connectivity index (χ3v) is 2.33. The van der Waals surface area contributed by atoms with E-state index in [2.05, 4.69) is 6.58 Å². The van der Waals surface area contributed by atoms with Gasteiger partial charge < -0.3 is 9.52 Å². The van der Waals surface area contributed by atoms with Crippen molar-refractivity contribution in [2.75, 3.05) is 0 Å². The van der Waals surface area contributed by atoms with E-state index in [0.29, 0.717) is 17.3 Å². The molecule has 0 aliphatic carbocycles. The molecule has 0 bridgehead atoms. The average Bonchev–Trinajstić information content (AvgIpc) is 2.61. The molecular weight excluding hydrogens is 192 g/mol. The van der Waals surface area contributed by atoms with Crippen molar-refractivity contribution < 1.29 is 14.3 Å². The molecule has 0 aliphatic heterocycles. The lowest BCUT2D eigenvalue weighted by molar-refractivity contribution is 0.112. The Bertz CT molecular complexity index is 549. The Balaban J connectivity index is 2.92. The molecule has 0 amide bonds. The maximum Gasteiger partial charge on any atom is 0.154 e. The topological polar surface area (TPSA) is 50.4 Å². The molecule has 15 heavy (non-hydrogen) atoms. The summed E-state index contributed by atoms with van der Waals surface area (Å²) in [6.07, 6.45) is 2.17. The molecule has 0 spiro atoms. The van der Waals surface area contributed by atoms with E-state index >= 15 is 0 Å². The monoisotopic (exact) mass is 202 g/mol. The van der Waals surface area contributed by atoms with Crippen molar-refractivity contribution in [3.63, 3.8) is 0 Å². The second-order valence-electron chi connectivity index (χ2n) is 3.42. The first-order valence-electron chi connectivity index (χ1n) is 4.49. The van der Waals surface area contributed by atoms with Gasteiger partial charge in [0.2, 0.25) is 0 Å². The third-order valence-electron chi connectivity index (χ3n) is 2.33. The largest absolute Gasteiger partial charge is 0.507 e. The number of rotatable bonds is 2. The van der Waals surface area contributed by atoms with Gasteiger partial charge in [-0.05, 0) is 24.6 Å². The van der Waals surface area contributed by atoms with Gasteiger partial charge >= 0.3 is 0 Å². The highest BCUT2D eigenvalue weighted by atomic mass is 16.3. The molecule has 0 radical (unpaired) electrons. The van der Waals surface area contributed by atoms with Crippen LogP contribution in [0.2, 0.25) is 0 Å². The lowest BCUT2D eigenvalue weighted by Crippen LogP contribution is -1.85. The minimum absolute atomic E-state index is 0.0404. The van der Waals surface area contributed by atoms with E-state index < -0.39 is 0 Å². The number of phenols is 1. The lowest BCUT2D eigenvalue weighted by atomic mass is 10.0. The Kier molecular flexibility index (Phi) is 2.08. The van der Waals surface area contributed by atoms with E-state index in [1.165, 1.54) is 6.07 Å². The molecule has 1 aromatic carbocycles. The molecule has 3 nitrogen and oxygen atoms in total. The van der Waals surface area contributed by atoms with Gasteiger partial charge in [-0.1, -0.05) is 6.58 Å². The van der Waals surface area contributed by atoms with Crippen molar-refractivity contribution >= 4 is 22.8 Å². The zero-order valence-electron chi connectivity index (χ0n) is 8.28. The van der Waals surface area contributed by atoms with Gasteiger partial charge in [-0.3, -0.25) is 4.79 Å². The first-order chi connectivity index (χ1) is 7.15. The molecular formula is C12H10O3. The van der Waals surface area contributed by atoms with Crippen molar-refractivity contribution in [1.29, 1.82) is 0 Å². The fraction of sp³-hybridized carbons (Fsp3) is 0.0833. The van der Waals surface area contributed by atoms with Gasteiger partial charge in [-0.25, -0.2) is 0 Å². The second kappa shape index (κ2) is 3.28. The molecule has 0 saturated heterocycles. The van der Waals surface area contributed by atoms with Gasteiger partial charge in [-0.15, -0.1) is 0 Å². The molecule has 1 aromatic heterocycles. The van der Waals surface area contributed by atoms with Gasteiger partial charge in [0, 0.05) is 10.9 Å². The van der Waals surface area contributed by atoms with E-state index in [1.54, 1.807) is 12.3 Å². The van der Waals surface area contributed by atoms with E-state index in [1.807, 2.05) is 6.92 Å². The lowest BCUT2D eigenvalue weighted by Gasteiger charge is -2.00. The molecule has 76 valence electrons. The summed E-state index contributed by atoms with van der Waals surface area (Å²) in [5.74, 6) is -0.0404. The van der Waals surface area contributed by atoms with E-state index in [9.17, 15) is 9.90 Å². The zero-order valence-corrected chi connectivity index (χ0v) is 8.28. The Hall–Kier alpha value is -2.03. The quantitative estimate of drug-likeness (QED) is 0.761. The first kappa shape index (κ1) is 9.52. The van der Waals surface area contributed by atoms with Crippen molar-refractivity contribution in [3.05, 3.63) is 36.1 Å². The Morgan fingerprint density at radius 2 is 2.27 bits per heavy atom. The number of fused-ring (bicyclic) bond motifs is 1. The number of phenolic OH excluding ortho intramolecular Hbond substituents is 1. The maximum atomic E-state index is 10.9. The SMILES string of the molecule is C=C(C)c1coc2ccc(O)c(C=O)c12. The smallest absolute Gasteiger partial charge is 0.154 e. The summed E-state index contributed by atoms with van der Waals surface area (Å²) in [4.78, 5) is 10.9. The van der Waals surface area contributed by atoms with Crippen molar-refractivity contribution in [2.45, 2.75) is 6.92 Å². The average molecular weight is 202 g/mol. The summed E-state index contributed by atoms with van der Waals surface area (Å²) >= 11 is 0. The minimum atomic E-state index is -0.0404. The van der Waals surface area contributed by atoms with Gasteiger partial charge in [0.1, 0.15) is 11.3 Å². The summed E-state index contributed by atoms with van der Waals surface area (Å²) in [7, 11) is 0. The first-order valence-corrected chi connectivity index (χ1v) is 4.49. The highest BCUT2D eigenvalue weighted by molar-refractivity contribution is 6.04. The third kappa shape index (κ3) is 1.32. The molecule has 3 heteroatoms. The van der Waals surface area contributed by atoms with Gasteiger partial charge in [0.25, 0.3) is 0 Å². The number of aldehydes is 1. The summed E-state index contributed by atoms with van der Waals surface area (Å²) < 4.78 is 5.28. The van der Waals surface area contributed by atoms with Crippen LogP contribution in [-0.2, 0) is 0 Å². The summed E-state index contributed by atoms with van der Waals surface area (Å²) in [6, 6.07) is 3.07. The fourth-order valence-corrected chi connectivity index (χ4v) is 1.58. The van der Waals surface area contributed by atoms with E-state index in [4.69, 9.17) is 4.42 Å². The Labute approximate surface area is 86.6 Å². The summed E-state index contributed by atoms with van der Waals surface area (Å²) in [6.45, 7) is 5.62. The maximum absolute atomic E-state index is 10.9. The predicted molar refractivity (Wildman–Crippen MR) is 58.0 cm³/mol. The Morgan fingerprint density at radius 3 is 2.87 bits per heavy atom. The van der Waals surface area contributed by atoms with Gasteiger partial charge in [0.05, 0.1) is 11.8 Å². The number of furan rings is 1. The molecule has 2 aromatic rings. The number of hydrogen-bond donors (Lipinski definition) is 1. The normalized spacial score (nSPS) is 10.5. The zero-order chi connectivity index (χ0) is 11.0. The van der Waals surface area contributed by atoms with Crippen LogP contribution in [-0.4, -0.2) is 11.4 Å². The molecule has 0 unspecified atom stereocenters. The molecule has 0 aliphatic rings. The van der Waals surface area contributed by atoms with Gasteiger partial charge in [-0.2, -0.15) is 0 Å². The summed E-state index contributed by atoms with van der Waals surface area (Å²) in [5, 5.41) is 10.2. The fourth-order valence-electron chi connectivity index (χ4n) is 1.58. The van der Waals surface area contributed by atoms with Crippen molar-refractivity contribution in [1.82, 2.24) is 0 Å². The minimum Gasteiger partial charge on any atom is -0.507 e. The van der Waals surface area contributed by atoms with Crippen LogP contribution in [0, 0.1) is 0 Å². The highest BCUT2D eigenvalue weighted by Crippen LogP contribution is 2.32. The van der Waals surface area contributed by atoms with Crippen LogP contribution in [0.25, 0.3) is 16.5 Å². The molecule has 1 heterocycles. The van der Waals surface area contributed by atoms with Crippen LogP contribution in [0.3, 0.4) is 0 Å². The molecule has 0 saturated carbocycles. The van der Waals surface area contributed by atoms with Crippen LogP contribution >= 0.6 is 0 Å². The predicted octanol–water partition coefficient (Wildman–Crippen LogP) is 2.98. The molecule has 0 atom stereocenters. The van der Waals surface area contributed by atoms with Crippen molar-refractivity contribution in [2.24, 2.45) is 0 Å². The van der Waals surface area contributed by atoms with Crippen LogP contribution in [0.1, 0.15) is 22.8 Å². The molecule has 0 fully saturated rings. The van der Waals surface area contributed by atoms with Crippen LogP contribution in [0.5, 0.6) is 5.75 Å². The summed E-state index contributed by atoms with van der Waals surface area (Å²) in [5.41, 5.74) is 2.37. The number of hydrogen-bond acceptors (Lipinski definition) is 3. The van der Waals surface area contributed by atoms with Gasteiger partial charge in [0.15, 0.2) is 6.29 Å². The van der Waals surface area contributed by atoms with Crippen molar-refractivity contribution in [3.8, 4) is 5.75 Å². The highest BCUT2D eigenvalue weighted by Gasteiger charge is 2.13. The number of benzene rings is 1. The number of carbonyl (C=O) groups is 1. The molecule has 1 N–H and O–H groups in total. The molecule has 2 rings (SSSR count). The van der Waals surface area contributed by atoms with E-state index in [0.717, 1.165) is 11.1 Å². The number of carbonyl (C=O) groups excluding carboxylic acids is 1. The van der Waals surface area contributed by atoms with E-state index in [-0.39, 0.29) is 11.3 Å². The van der Waals surface area contributed by atoms with Crippen LogP contribution < -0.4 is 0 Å². The Morgan fingerprint density at radius 1 is 1.53 bits per heavy atom. The van der Waals surface area contributed by atoms with Crippen LogP contribution in [0.15, 0.2) is 29.4 Å². The standard InChI is InChI=1S/C12H10O3/c1-7(2)9-6-15-11-4-3-10(14)8(5-13)12(9)11/h3-6,14H,1H2,2H3.